The molecule has 0 aliphatic heterocycles. The van der Waals surface area contributed by atoms with Crippen LogP contribution in [-0.4, -0.2) is 261 Å². The molecule has 0 bridgehead atoms. The molecule has 3 nitrogen and oxygen atoms in total. The second kappa shape index (κ2) is 22.4. The quantitative estimate of drug-likeness (QED) is 0.156. The van der Waals surface area contributed by atoms with Crippen LogP contribution in [0.4, 0.5) is 0 Å². The largest absolute Gasteiger partial charge is 0.453 e. The first-order valence-electron chi connectivity index (χ1n) is 25.4. The fraction of sp³-hybridized carbons (Fsp3) is 0. The molecular formula is C52B32N2OS. The fourth-order valence-electron chi connectivity index (χ4n) is 11.6. The molecular weight excluding hydrogens is 1050 g/mol. The first-order chi connectivity index (χ1) is 41.1. The van der Waals surface area contributed by atoms with Crippen molar-refractivity contribution in [1.29, 1.82) is 0 Å². The lowest BCUT2D eigenvalue weighted by molar-refractivity contribution is 0.670. The minimum absolute atomic E-state index is 0.00599. The SMILES string of the molecule is [B]c1nc(-c2c([B])c([B])c([B])c(-c3c([B])c([B])c(-c4c([B])c([B])c([B])c5c4sc4c([B])c([B])c([B])c([B])c45)c([B])c3[B])c2[B])c2oc3c([B])c([B])c(-c4c([B])c([B])c([B])c(-c5c([B])c([B])c(-c6c([B])c([B])c([B])c([B])c6[B])c([B])c5[B])c4[B])c([B])c3c2n1. The molecule has 3 aromatic heterocycles. The van der Waals surface area contributed by atoms with E-state index in [1.165, 1.54) is 0 Å². The van der Waals surface area contributed by atoms with Gasteiger partial charge in [-0.25, -0.2) is 9.97 Å². The Morgan fingerprint density at radius 3 is 0.875 bits per heavy atom. The highest BCUT2D eigenvalue weighted by molar-refractivity contribution is 7.28. The third-order valence-electron chi connectivity index (χ3n) is 16.3. The predicted molar refractivity (Wildman–Crippen MR) is 407 cm³/mol. The summed E-state index contributed by atoms with van der Waals surface area (Å²) in [5.41, 5.74) is -6.44. The summed E-state index contributed by atoms with van der Waals surface area (Å²) in [6, 6.07) is 0. The average molecular weight is 1050 g/mol. The molecule has 88 heavy (non-hydrogen) atoms. The maximum atomic E-state index is 7.16. The normalized spacial score (nSPS) is 11.7. The minimum atomic E-state index is -0.397. The van der Waals surface area contributed by atoms with Gasteiger partial charge >= 0.3 is 0 Å². The number of fused-ring (bicyclic) bond motifs is 6. The van der Waals surface area contributed by atoms with E-state index >= 15 is 0 Å². The van der Waals surface area contributed by atoms with Gasteiger partial charge in [0.15, 0.2) is 13.4 Å². The molecule has 0 aliphatic rings. The van der Waals surface area contributed by atoms with Crippen LogP contribution in [0.5, 0.6) is 0 Å². The van der Waals surface area contributed by atoms with Crippen molar-refractivity contribution in [2.24, 2.45) is 0 Å². The number of nitrogens with zero attached hydrogens (tertiary/aromatic N) is 2. The standard InChI is InChI=1S/C52B32N2OS/c53-15-1(26(64)36(74)27(65)3(15)5-18(56)22(60)7(23(61)19(5)57)8-29(67)39(77)42(80)40(78)30(8)68)2-17(55)14-47-49(87-48(14)44(82)31(2)69)46(85-52(84)86-47)13-16(54)4(28(66)37(75)35(13)73)6-20(58)24(62)9(25(63)21(6)59)10-32(70)38(76)33(71)11-12-34(72)41(79)43(81)45(83)51(12)88-50(10)11. The van der Waals surface area contributed by atoms with Gasteiger partial charge in [-0.2, -0.15) is 0 Å². The summed E-state index contributed by atoms with van der Waals surface area (Å²) in [7, 11) is 214. The summed E-state index contributed by atoms with van der Waals surface area (Å²) < 4.78 is 7.28. The fourth-order valence-corrected chi connectivity index (χ4v) is 13.0. The summed E-state index contributed by atoms with van der Waals surface area (Å²) in [4.78, 5) is 9.06. The Labute approximate surface area is 556 Å². The van der Waals surface area contributed by atoms with E-state index in [2.05, 4.69) is 9.97 Å². The molecule has 36 heteroatoms. The number of thiophene rings is 1. The van der Waals surface area contributed by atoms with Gasteiger partial charge in [0, 0.05) is 14.8 Å². The van der Waals surface area contributed by atoms with Crippen molar-refractivity contribution in [3.63, 3.8) is 0 Å². The van der Waals surface area contributed by atoms with Gasteiger partial charge in [0.1, 0.15) is 260 Å². The van der Waals surface area contributed by atoms with Gasteiger partial charge < -0.3 is 4.42 Å². The number of hydrogen-bond acceptors (Lipinski definition) is 4. The summed E-state index contributed by atoms with van der Waals surface area (Å²) in [5, 5.41) is 0.655. The first kappa shape index (κ1) is 64.5. The molecule has 0 atom stereocenters. The van der Waals surface area contributed by atoms with Crippen molar-refractivity contribution in [2.75, 3.05) is 0 Å². The molecule has 0 saturated heterocycles. The van der Waals surface area contributed by atoms with Gasteiger partial charge in [-0.3, -0.25) is 0 Å². The van der Waals surface area contributed by atoms with E-state index in [9.17, 15) is 0 Å². The number of benzene rings is 8. The predicted octanol–water partition coefficient (Wildman–Crippen LogP) is -23.9. The Morgan fingerprint density at radius 1 is 0.193 bits per heavy atom. The van der Waals surface area contributed by atoms with Crippen LogP contribution in [0.1, 0.15) is 0 Å². The lowest BCUT2D eigenvalue weighted by Crippen LogP contribution is -2.57. The molecule has 0 fully saturated rings. The molecule has 0 saturated carbocycles. The molecule has 0 spiro atoms. The van der Waals surface area contributed by atoms with Crippen molar-refractivity contribution < 1.29 is 4.42 Å². The summed E-state index contributed by atoms with van der Waals surface area (Å²) in [5.74, 6) is 0. The number of furan rings is 1. The molecule has 3 heterocycles. The second-order valence-corrected chi connectivity index (χ2v) is 21.9. The van der Waals surface area contributed by atoms with Crippen molar-refractivity contribution in [3.05, 3.63) is 0 Å². The topological polar surface area (TPSA) is 38.9 Å². The van der Waals surface area contributed by atoms with Gasteiger partial charge in [0.2, 0.25) is 0 Å². The van der Waals surface area contributed by atoms with Crippen molar-refractivity contribution in [2.45, 2.75) is 0 Å². The van der Waals surface area contributed by atoms with Crippen LogP contribution in [0.3, 0.4) is 0 Å². The van der Waals surface area contributed by atoms with Gasteiger partial charge in [-0.05, 0) is 72.0 Å². The first-order valence-corrected chi connectivity index (χ1v) is 26.3. The Bertz CT molecular complexity index is 5050. The maximum absolute atomic E-state index is 7.16. The molecule has 326 valence electrons. The zero-order chi connectivity index (χ0) is 64.9. The average Bonchev–Trinajstić information content (AvgIpc) is 1.37. The summed E-state index contributed by atoms with van der Waals surface area (Å²) >= 11 is 1.11. The zero-order valence-electron chi connectivity index (χ0n) is 46.2. The highest BCUT2D eigenvalue weighted by Gasteiger charge is 2.31. The van der Waals surface area contributed by atoms with E-state index in [1.807, 2.05) is 0 Å². The van der Waals surface area contributed by atoms with Gasteiger partial charge in [0.05, 0.1) is 5.72 Å². The van der Waals surface area contributed by atoms with Crippen LogP contribution in [-0.2, 0) is 0 Å². The van der Waals surface area contributed by atoms with Crippen molar-refractivity contribution in [1.82, 2.24) is 9.97 Å². The highest BCUT2D eigenvalue weighted by atomic mass is 32.1. The summed E-state index contributed by atoms with van der Waals surface area (Å²) in [6.45, 7) is 0. The van der Waals surface area contributed by atoms with Gasteiger partial charge in [0.25, 0.3) is 0 Å². The summed E-state index contributed by atoms with van der Waals surface area (Å²) in [6.07, 6.45) is 0. The third-order valence-corrected chi connectivity index (χ3v) is 17.6. The highest BCUT2D eigenvalue weighted by Crippen LogP contribution is 2.36. The Morgan fingerprint density at radius 2 is 0.455 bits per heavy atom. The smallest absolute Gasteiger partial charge is 0.179 e. The third kappa shape index (κ3) is 8.76. The Kier molecular flexibility index (Phi) is 16.4. The second-order valence-electron chi connectivity index (χ2n) is 20.9. The van der Waals surface area contributed by atoms with Crippen molar-refractivity contribution >= 4 is 480 Å². The molecule has 0 unspecified atom stereocenters. The van der Waals surface area contributed by atoms with Crippen molar-refractivity contribution in [3.8, 4) is 66.9 Å². The van der Waals surface area contributed by atoms with Crippen LogP contribution in [0.15, 0.2) is 4.42 Å². The van der Waals surface area contributed by atoms with Crippen LogP contribution in [0.25, 0.3) is 109 Å². The van der Waals surface area contributed by atoms with E-state index in [0.717, 1.165) is 11.3 Å². The monoisotopic (exact) mass is 1050 g/mol. The van der Waals surface area contributed by atoms with E-state index in [4.69, 9.17) is 255 Å². The van der Waals surface area contributed by atoms with E-state index in [0.29, 0.717) is 20.2 Å². The molecule has 8 aromatic carbocycles. The molecule has 0 aliphatic carbocycles. The molecule has 11 rings (SSSR count). The zero-order valence-corrected chi connectivity index (χ0v) is 47.0. The van der Waals surface area contributed by atoms with Gasteiger partial charge in [-0.1, -0.05) is 126 Å². The van der Waals surface area contributed by atoms with Crippen LogP contribution in [0.2, 0.25) is 0 Å². The number of rotatable bonds is 6. The molecule has 11 aromatic rings. The van der Waals surface area contributed by atoms with E-state index in [1.54, 1.807) is 0 Å². The minimum Gasteiger partial charge on any atom is -0.453 e. The molecule has 0 amide bonds. The lowest BCUT2D eigenvalue weighted by atomic mass is 9.54. The van der Waals surface area contributed by atoms with Gasteiger partial charge in [-0.15, -0.1) is 55.0 Å². The lowest BCUT2D eigenvalue weighted by Gasteiger charge is -2.31. The Balaban J connectivity index is 1.13. The van der Waals surface area contributed by atoms with E-state index in [-0.39, 0.29) is 258 Å². The Hall–Kier alpha value is -5.06. The van der Waals surface area contributed by atoms with Crippen LogP contribution in [0, 0.1) is 0 Å². The maximum Gasteiger partial charge on any atom is 0.179 e. The van der Waals surface area contributed by atoms with E-state index < -0.39 is 5.72 Å². The number of aromatic nitrogens is 2. The van der Waals surface area contributed by atoms with Crippen LogP contribution < -0.4 is 175 Å². The number of hydrogen-bond donors (Lipinski definition) is 0. The molecule has 0 N–H and O–H groups in total. The molecule has 64 radical (unpaired) electrons. The van der Waals surface area contributed by atoms with Crippen LogP contribution >= 0.6 is 11.3 Å².